The summed E-state index contributed by atoms with van der Waals surface area (Å²) in [6.07, 6.45) is 1.20. The first-order valence-corrected chi connectivity index (χ1v) is 14.5. The van der Waals surface area contributed by atoms with Crippen molar-refractivity contribution in [2.45, 2.75) is 52.0 Å². The molecule has 0 aliphatic heterocycles. The number of nitrogens with zero attached hydrogens (tertiary/aromatic N) is 1. The van der Waals surface area contributed by atoms with Crippen LogP contribution in [0.25, 0.3) is 11.1 Å². The molecule has 1 aliphatic carbocycles. The first-order valence-electron chi connectivity index (χ1n) is 14.5. The highest BCUT2D eigenvalue weighted by Crippen LogP contribution is 2.44. The Hall–Kier alpha value is -4.13. The van der Waals surface area contributed by atoms with Crippen molar-refractivity contribution in [1.82, 2.24) is 10.2 Å². The zero-order valence-electron chi connectivity index (χ0n) is 23.9. The van der Waals surface area contributed by atoms with Gasteiger partial charge in [0.05, 0.1) is 6.42 Å². The number of carbonyl (C=O) groups is 3. The van der Waals surface area contributed by atoms with E-state index < -0.39 is 12.1 Å². The fraction of sp³-hybridized carbons (Fsp3) is 0.382. The third-order valence-corrected chi connectivity index (χ3v) is 7.96. The molecule has 0 saturated heterocycles. The molecule has 2 amide bonds. The number of nitrogens with one attached hydrogen (secondary N) is 1. The highest BCUT2D eigenvalue weighted by Gasteiger charge is 2.29. The number of rotatable bonds is 14. The van der Waals surface area contributed by atoms with Crippen LogP contribution in [0.1, 0.15) is 62.1 Å². The van der Waals surface area contributed by atoms with Gasteiger partial charge in [-0.15, -0.1) is 0 Å². The van der Waals surface area contributed by atoms with Crippen molar-refractivity contribution >= 4 is 18.0 Å². The van der Waals surface area contributed by atoms with Gasteiger partial charge in [0.15, 0.2) is 0 Å². The molecule has 0 saturated carbocycles. The number of aliphatic carboxylic acids is 1. The van der Waals surface area contributed by atoms with Gasteiger partial charge in [-0.2, -0.15) is 0 Å². The number of benzene rings is 3. The van der Waals surface area contributed by atoms with E-state index >= 15 is 0 Å². The van der Waals surface area contributed by atoms with E-state index in [0.29, 0.717) is 31.8 Å². The number of carbonyl (C=O) groups excluding carboxylic acids is 2. The Labute approximate surface area is 242 Å². The van der Waals surface area contributed by atoms with Crippen LogP contribution in [-0.4, -0.2) is 47.7 Å². The lowest BCUT2D eigenvalue weighted by Crippen LogP contribution is -2.33. The molecule has 3 aromatic carbocycles. The molecule has 1 aliphatic rings. The smallest absolute Gasteiger partial charge is 0.407 e. The maximum Gasteiger partial charge on any atom is 0.407 e. The molecule has 1 atom stereocenters. The Morgan fingerprint density at radius 2 is 1.46 bits per heavy atom. The lowest BCUT2D eigenvalue weighted by Gasteiger charge is -2.25. The summed E-state index contributed by atoms with van der Waals surface area (Å²) in [6.45, 7) is 5.54. The first kappa shape index (κ1) is 29.8. The predicted octanol–water partition coefficient (Wildman–Crippen LogP) is 6.47. The van der Waals surface area contributed by atoms with E-state index in [-0.39, 0.29) is 37.3 Å². The molecule has 41 heavy (non-hydrogen) atoms. The van der Waals surface area contributed by atoms with Crippen LogP contribution in [0, 0.1) is 11.8 Å². The number of carboxylic acids is 1. The van der Waals surface area contributed by atoms with Crippen LogP contribution in [0.5, 0.6) is 0 Å². The Balaban J connectivity index is 1.25. The van der Waals surface area contributed by atoms with Crippen LogP contribution < -0.4 is 5.32 Å². The lowest BCUT2D eigenvalue weighted by atomic mass is 9.88. The van der Waals surface area contributed by atoms with Crippen LogP contribution >= 0.6 is 0 Å². The Morgan fingerprint density at radius 1 is 0.854 bits per heavy atom. The number of hydrogen-bond acceptors (Lipinski definition) is 4. The lowest BCUT2D eigenvalue weighted by molar-refractivity contribution is -0.138. The molecule has 7 heteroatoms. The van der Waals surface area contributed by atoms with Crippen molar-refractivity contribution < 1.29 is 24.2 Å². The fourth-order valence-electron chi connectivity index (χ4n) is 5.61. The van der Waals surface area contributed by atoms with Gasteiger partial charge in [-0.3, -0.25) is 9.59 Å². The van der Waals surface area contributed by atoms with Gasteiger partial charge in [-0.25, -0.2) is 4.79 Å². The van der Waals surface area contributed by atoms with E-state index in [2.05, 4.69) is 43.4 Å². The van der Waals surface area contributed by atoms with E-state index in [0.717, 1.165) is 12.0 Å². The first-order chi connectivity index (χ1) is 19.8. The Kier molecular flexibility index (Phi) is 10.5. The van der Waals surface area contributed by atoms with E-state index in [1.54, 1.807) is 4.90 Å². The molecular weight excluding hydrogens is 516 g/mol. The molecule has 0 spiro atoms. The van der Waals surface area contributed by atoms with Crippen LogP contribution in [0.4, 0.5) is 4.79 Å². The summed E-state index contributed by atoms with van der Waals surface area (Å²) in [7, 11) is 0. The number of carboxylic acid groups (broad SMARTS) is 1. The summed E-state index contributed by atoms with van der Waals surface area (Å²) in [4.78, 5) is 38.5. The van der Waals surface area contributed by atoms with Crippen LogP contribution in [0.3, 0.4) is 0 Å². The van der Waals surface area contributed by atoms with Crippen molar-refractivity contribution in [2.24, 2.45) is 11.8 Å². The molecule has 7 nitrogen and oxygen atoms in total. The number of amides is 2. The standard InChI is InChI=1S/C34H40N2O5/c1-24(2)26(16-17-32(37)36(21-19-33(38)39)22-25-10-4-3-5-11-25)18-20-35-34(40)41-23-31-29-14-8-6-12-27(29)28-13-7-9-15-30(28)31/h3-15,24,26,31H,16-23H2,1-2H3,(H,35,40)(H,38,39). The fourth-order valence-corrected chi connectivity index (χ4v) is 5.61. The van der Waals surface area contributed by atoms with Crippen molar-refractivity contribution in [2.75, 3.05) is 19.7 Å². The van der Waals surface area contributed by atoms with Gasteiger partial charge in [0.2, 0.25) is 5.91 Å². The molecule has 4 rings (SSSR count). The maximum absolute atomic E-state index is 13.1. The SMILES string of the molecule is CC(C)C(CCNC(=O)OCC1c2ccccc2-c2ccccc21)CCC(=O)N(CCC(=O)O)Cc1ccccc1. The zero-order chi connectivity index (χ0) is 29.2. The summed E-state index contributed by atoms with van der Waals surface area (Å²) < 4.78 is 5.66. The molecule has 0 fully saturated rings. The minimum Gasteiger partial charge on any atom is -0.481 e. The largest absolute Gasteiger partial charge is 0.481 e. The van der Waals surface area contributed by atoms with Crippen molar-refractivity contribution in [3.05, 3.63) is 95.6 Å². The zero-order valence-corrected chi connectivity index (χ0v) is 23.9. The summed E-state index contributed by atoms with van der Waals surface area (Å²) in [6, 6.07) is 26.1. The quantitative estimate of drug-likeness (QED) is 0.237. The van der Waals surface area contributed by atoms with Gasteiger partial charge in [0, 0.05) is 32.0 Å². The maximum atomic E-state index is 13.1. The topological polar surface area (TPSA) is 95.9 Å². The molecule has 2 N–H and O–H groups in total. The molecule has 0 aromatic heterocycles. The summed E-state index contributed by atoms with van der Waals surface area (Å²) in [5.74, 6) is -0.400. The van der Waals surface area contributed by atoms with Gasteiger partial charge in [-0.1, -0.05) is 92.7 Å². The third-order valence-electron chi connectivity index (χ3n) is 7.96. The highest BCUT2D eigenvalue weighted by atomic mass is 16.5. The van der Waals surface area contributed by atoms with Gasteiger partial charge in [0.25, 0.3) is 0 Å². The number of alkyl carbamates (subject to hydrolysis) is 1. The second-order valence-corrected chi connectivity index (χ2v) is 11.0. The molecule has 216 valence electrons. The highest BCUT2D eigenvalue weighted by molar-refractivity contribution is 5.79. The third kappa shape index (κ3) is 8.19. The van der Waals surface area contributed by atoms with Gasteiger partial charge in [0.1, 0.15) is 6.61 Å². The number of hydrogen-bond donors (Lipinski definition) is 2. The van der Waals surface area contributed by atoms with E-state index in [1.165, 1.54) is 22.3 Å². The summed E-state index contributed by atoms with van der Waals surface area (Å²) in [5.41, 5.74) is 5.71. The minimum atomic E-state index is -0.921. The van der Waals surface area contributed by atoms with Gasteiger partial charge >= 0.3 is 12.1 Å². The second kappa shape index (κ2) is 14.5. The van der Waals surface area contributed by atoms with Gasteiger partial charge in [-0.05, 0) is 52.5 Å². The van der Waals surface area contributed by atoms with Crippen molar-refractivity contribution in [3.8, 4) is 11.1 Å². The van der Waals surface area contributed by atoms with Crippen LogP contribution in [0.15, 0.2) is 78.9 Å². The average Bonchev–Trinajstić information content (AvgIpc) is 3.29. The van der Waals surface area contributed by atoms with E-state index in [1.807, 2.05) is 54.6 Å². The molecule has 0 heterocycles. The Morgan fingerprint density at radius 3 is 2.07 bits per heavy atom. The van der Waals surface area contributed by atoms with Gasteiger partial charge < -0.3 is 20.1 Å². The van der Waals surface area contributed by atoms with E-state index in [9.17, 15) is 14.4 Å². The number of fused-ring (bicyclic) bond motifs is 3. The number of ether oxygens (including phenoxy) is 1. The summed E-state index contributed by atoms with van der Waals surface area (Å²) in [5, 5.41) is 12.0. The molecule has 3 aromatic rings. The molecular formula is C34H40N2O5. The minimum absolute atomic E-state index is 0.0162. The molecule has 0 radical (unpaired) electrons. The van der Waals surface area contributed by atoms with E-state index in [4.69, 9.17) is 9.84 Å². The van der Waals surface area contributed by atoms with Crippen LogP contribution in [-0.2, 0) is 20.9 Å². The summed E-state index contributed by atoms with van der Waals surface area (Å²) >= 11 is 0. The van der Waals surface area contributed by atoms with Crippen molar-refractivity contribution in [1.29, 1.82) is 0 Å². The second-order valence-electron chi connectivity index (χ2n) is 11.0. The average molecular weight is 557 g/mol. The predicted molar refractivity (Wildman–Crippen MR) is 159 cm³/mol. The van der Waals surface area contributed by atoms with Crippen molar-refractivity contribution in [3.63, 3.8) is 0 Å². The molecule has 1 unspecified atom stereocenters. The Bertz CT molecular complexity index is 1280. The normalized spacial score (nSPS) is 12.9. The molecule has 0 bridgehead atoms. The van der Waals surface area contributed by atoms with Crippen LogP contribution in [0.2, 0.25) is 0 Å². The monoisotopic (exact) mass is 556 g/mol.